The van der Waals surface area contributed by atoms with Crippen LogP contribution in [0.3, 0.4) is 0 Å². The van der Waals surface area contributed by atoms with Crippen LogP contribution in [0.2, 0.25) is 0 Å². The molecule has 0 heterocycles. The maximum absolute atomic E-state index is 11.7. The Morgan fingerprint density at radius 3 is 2.33 bits per heavy atom. The van der Waals surface area contributed by atoms with Gasteiger partial charge >= 0.3 is 0 Å². The van der Waals surface area contributed by atoms with E-state index in [4.69, 9.17) is 5.26 Å². The van der Waals surface area contributed by atoms with E-state index in [1.165, 1.54) is 18.3 Å². The van der Waals surface area contributed by atoms with Crippen molar-refractivity contribution in [1.82, 2.24) is 5.43 Å². The van der Waals surface area contributed by atoms with Gasteiger partial charge in [0.2, 0.25) is 0 Å². The molecule has 6 heteroatoms. The Kier molecular flexibility index (Phi) is 4.17. The second-order valence-corrected chi connectivity index (χ2v) is 4.17. The summed E-state index contributed by atoms with van der Waals surface area (Å²) >= 11 is 0. The van der Waals surface area contributed by atoms with Crippen molar-refractivity contribution in [2.75, 3.05) is 0 Å². The molecule has 2 aromatic rings. The molecule has 0 radical (unpaired) electrons. The first-order valence-corrected chi connectivity index (χ1v) is 5.95. The number of amides is 1. The van der Waals surface area contributed by atoms with Crippen molar-refractivity contribution in [1.29, 1.82) is 5.26 Å². The number of hydrogen-bond donors (Lipinski definition) is 3. The van der Waals surface area contributed by atoms with Crippen LogP contribution in [0.25, 0.3) is 0 Å². The number of aromatic hydroxyl groups is 2. The number of carbonyl (C=O) groups is 1. The van der Waals surface area contributed by atoms with Crippen molar-refractivity contribution in [3.05, 3.63) is 59.2 Å². The van der Waals surface area contributed by atoms with Gasteiger partial charge < -0.3 is 10.2 Å². The SMILES string of the molecule is N#Cc1ccc(C=NNC(=O)c2cc(O)cc(O)c2)cc1. The van der Waals surface area contributed by atoms with Gasteiger partial charge in [0.05, 0.1) is 17.8 Å². The molecule has 0 bridgehead atoms. The van der Waals surface area contributed by atoms with Crippen LogP contribution in [-0.4, -0.2) is 22.3 Å². The highest BCUT2D eigenvalue weighted by Crippen LogP contribution is 2.20. The molecule has 0 fully saturated rings. The lowest BCUT2D eigenvalue weighted by molar-refractivity contribution is 0.0954. The lowest BCUT2D eigenvalue weighted by atomic mass is 10.2. The average molecular weight is 281 g/mol. The molecule has 3 N–H and O–H groups in total. The standard InChI is InChI=1S/C15H11N3O3/c16-8-10-1-3-11(4-2-10)9-17-18-15(21)12-5-13(19)7-14(20)6-12/h1-7,9,19-20H,(H,18,21). The highest BCUT2D eigenvalue weighted by Gasteiger charge is 2.07. The topological polar surface area (TPSA) is 106 Å². The minimum Gasteiger partial charge on any atom is -0.508 e. The first-order chi connectivity index (χ1) is 10.1. The summed E-state index contributed by atoms with van der Waals surface area (Å²) in [5, 5.41) is 31.0. The monoisotopic (exact) mass is 281 g/mol. The van der Waals surface area contributed by atoms with Crippen molar-refractivity contribution in [3.63, 3.8) is 0 Å². The Morgan fingerprint density at radius 2 is 1.76 bits per heavy atom. The van der Waals surface area contributed by atoms with Crippen LogP contribution in [-0.2, 0) is 0 Å². The van der Waals surface area contributed by atoms with E-state index in [-0.39, 0.29) is 17.1 Å². The summed E-state index contributed by atoms with van der Waals surface area (Å²) < 4.78 is 0. The van der Waals surface area contributed by atoms with E-state index in [0.29, 0.717) is 11.1 Å². The summed E-state index contributed by atoms with van der Waals surface area (Å²) in [4.78, 5) is 11.7. The quantitative estimate of drug-likeness (QED) is 0.588. The Balaban J connectivity index is 2.03. The Morgan fingerprint density at radius 1 is 1.14 bits per heavy atom. The Hall–Kier alpha value is -3.33. The van der Waals surface area contributed by atoms with Gasteiger partial charge in [-0.1, -0.05) is 12.1 Å². The van der Waals surface area contributed by atoms with Crippen molar-refractivity contribution in [2.24, 2.45) is 5.10 Å². The molecule has 0 aliphatic carbocycles. The maximum atomic E-state index is 11.7. The van der Waals surface area contributed by atoms with E-state index in [0.717, 1.165) is 6.07 Å². The fourth-order valence-electron chi connectivity index (χ4n) is 1.60. The molecule has 104 valence electrons. The summed E-state index contributed by atoms with van der Waals surface area (Å²) in [7, 11) is 0. The van der Waals surface area contributed by atoms with E-state index in [1.54, 1.807) is 24.3 Å². The van der Waals surface area contributed by atoms with E-state index in [1.807, 2.05) is 6.07 Å². The highest BCUT2D eigenvalue weighted by molar-refractivity contribution is 5.95. The number of nitriles is 1. The third-order valence-corrected chi connectivity index (χ3v) is 2.58. The van der Waals surface area contributed by atoms with Crippen LogP contribution >= 0.6 is 0 Å². The van der Waals surface area contributed by atoms with Crippen LogP contribution in [0.1, 0.15) is 21.5 Å². The van der Waals surface area contributed by atoms with Crippen LogP contribution in [0, 0.1) is 11.3 Å². The van der Waals surface area contributed by atoms with Gasteiger partial charge in [-0.3, -0.25) is 4.79 Å². The predicted molar refractivity (Wildman–Crippen MR) is 76.0 cm³/mol. The molecule has 0 unspecified atom stereocenters. The second-order valence-electron chi connectivity index (χ2n) is 4.17. The van der Waals surface area contributed by atoms with Crippen LogP contribution in [0.15, 0.2) is 47.6 Å². The number of benzene rings is 2. The number of nitrogens with zero attached hydrogens (tertiary/aromatic N) is 2. The highest BCUT2D eigenvalue weighted by atomic mass is 16.3. The molecule has 0 aliphatic heterocycles. The summed E-state index contributed by atoms with van der Waals surface area (Å²) in [5.74, 6) is -0.987. The molecule has 0 saturated carbocycles. The van der Waals surface area contributed by atoms with Gasteiger partial charge in [-0.15, -0.1) is 0 Å². The van der Waals surface area contributed by atoms with Gasteiger partial charge in [0, 0.05) is 11.6 Å². The van der Waals surface area contributed by atoms with Crippen molar-refractivity contribution < 1.29 is 15.0 Å². The largest absolute Gasteiger partial charge is 0.508 e. The molecule has 2 rings (SSSR count). The summed E-state index contributed by atoms with van der Waals surface area (Å²) in [6.07, 6.45) is 1.42. The first kappa shape index (κ1) is 14.1. The number of rotatable bonds is 3. The lowest BCUT2D eigenvalue weighted by Gasteiger charge is -2.02. The summed E-state index contributed by atoms with van der Waals surface area (Å²) in [5.41, 5.74) is 3.61. The number of phenolic OH excluding ortho intramolecular Hbond substituents is 2. The van der Waals surface area contributed by atoms with Gasteiger partial charge in [-0.2, -0.15) is 10.4 Å². The molecule has 0 aliphatic rings. The third-order valence-electron chi connectivity index (χ3n) is 2.58. The first-order valence-electron chi connectivity index (χ1n) is 5.95. The molecule has 0 aromatic heterocycles. The van der Waals surface area contributed by atoms with Gasteiger partial charge in [-0.05, 0) is 29.8 Å². The van der Waals surface area contributed by atoms with E-state index >= 15 is 0 Å². The minimum absolute atomic E-state index is 0.0875. The number of hydrogen-bond acceptors (Lipinski definition) is 5. The van der Waals surface area contributed by atoms with Gasteiger partial charge in [0.15, 0.2) is 0 Å². The van der Waals surface area contributed by atoms with Gasteiger partial charge in [-0.25, -0.2) is 5.43 Å². The number of carbonyl (C=O) groups excluding carboxylic acids is 1. The second kappa shape index (κ2) is 6.21. The van der Waals surface area contributed by atoms with E-state index in [2.05, 4.69) is 10.5 Å². The summed E-state index contributed by atoms with van der Waals surface area (Å²) in [6.45, 7) is 0. The number of hydrazone groups is 1. The number of nitrogens with one attached hydrogen (secondary N) is 1. The zero-order chi connectivity index (χ0) is 15.2. The predicted octanol–water partition coefficient (Wildman–Crippen LogP) is 1.73. The van der Waals surface area contributed by atoms with Crippen LogP contribution in [0.5, 0.6) is 11.5 Å². The van der Waals surface area contributed by atoms with Crippen LogP contribution < -0.4 is 5.43 Å². The smallest absolute Gasteiger partial charge is 0.271 e. The van der Waals surface area contributed by atoms with E-state index in [9.17, 15) is 15.0 Å². The fourth-order valence-corrected chi connectivity index (χ4v) is 1.60. The zero-order valence-electron chi connectivity index (χ0n) is 10.8. The summed E-state index contributed by atoms with van der Waals surface area (Å²) in [6, 6.07) is 12.2. The zero-order valence-corrected chi connectivity index (χ0v) is 10.8. The van der Waals surface area contributed by atoms with Crippen molar-refractivity contribution in [3.8, 4) is 17.6 Å². The molecular formula is C15H11N3O3. The molecule has 0 saturated heterocycles. The van der Waals surface area contributed by atoms with Gasteiger partial charge in [0.25, 0.3) is 5.91 Å². The number of phenols is 2. The molecule has 0 spiro atoms. The normalized spacial score (nSPS) is 10.2. The molecule has 21 heavy (non-hydrogen) atoms. The Labute approximate surface area is 120 Å². The molecular weight excluding hydrogens is 270 g/mol. The molecule has 6 nitrogen and oxygen atoms in total. The van der Waals surface area contributed by atoms with Crippen molar-refractivity contribution in [2.45, 2.75) is 0 Å². The third kappa shape index (κ3) is 3.81. The molecule has 1 amide bonds. The molecule has 0 atom stereocenters. The Bertz CT molecular complexity index is 711. The van der Waals surface area contributed by atoms with Gasteiger partial charge in [0.1, 0.15) is 11.5 Å². The van der Waals surface area contributed by atoms with Crippen molar-refractivity contribution >= 4 is 12.1 Å². The fraction of sp³-hybridized carbons (Fsp3) is 0. The lowest BCUT2D eigenvalue weighted by Crippen LogP contribution is -2.17. The average Bonchev–Trinajstić information content (AvgIpc) is 2.47. The molecule has 2 aromatic carbocycles. The van der Waals surface area contributed by atoms with E-state index < -0.39 is 5.91 Å². The maximum Gasteiger partial charge on any atom is 0.271 e. The van der Waals surface area contributed by atoms with Crippen LogP contribution in [0.4, 0.5) is 0 Å². The minimum atomic E-state index is -0.564.